The minimum absolute atomic E-state index is 0.486. The van der Waals surface area contributed by atoms with E-state index in [4.69, 9.17) is 18.0 Å². The number of nitrogens with zero attached hydrogens (tertiary/aromatic N) is 1. The van der Waals surface area contributed by atoms with Gasteiger partial charge < -0.3 is 10.6 Å². The molecule has 0 amide bonds. The molecule has 3 rings (SSSR count). The number of thiocarbonyl (C=S) groups is 1. The van der Waals surface area contributed by atoms with E-state index in [0.717, 1.165) is 12.1 Å². The number of anilines is 1. The van der Waals surface area contributed by atoms with Gasteiger partial charge in [0.25, 0.3) is 0 Å². The molecule has 1 heterocycles. The molecule has 0 spiro atoms. The van der Waals surface area contributed by atoms with Crippen LogP contribution in [0.3, 0.4) is 0 Å². The van der Waals surface area contributed by atoms with Crippen LogP contribution in [0.4, 0.5) is 5.69 Å². The van der Waals surface area contributed by atoms with Crippen molar-refractivity contribution < 1.29 is 0 Å². The fourth-order valence-corrected chi connectivity index (χ4v) is 3.30. The first-order valence-electron chi connectivity index (χ1n) is 6.83. The molecule has 0 aliphatic heterocycles. The topological polar surface area (TPSA) is 29.3 Å². The van der Waals surface area contributed by atoms with Crippen molar-refractivity contribution in [2.24, 2.45) is 5.73 Å². The zero-order chi connectivity index (χ0) is 14.1. The summed E-state index contributed by atoms with van der Waals surface area (Å²) in [6, 6.07) is 9.22. The molecule has 1 aromatic heterocycles. The van der Waals surface area contributed by atoms with Crippen LogP contribution in [0.5, 0.6) is 0 Å². The van der Waals surface area contributed by atoms with Crippen molar-refractivity contribution in [3.63, 3.8) is 0 Å². The van der Waals surface area contributed by atoms with Crippen molar-refractivity contribution >= 4 is 34.2 Å². The molecule has 2 N–H and O–H groups in total. The summed E-state index contributed by atoms with van der Waals surface area (Å²) in [5.41, 5.74) is 10.7. The average Bonchev–Trinajstić information content (AvgIpc) is 3.13. The normalized spacial score (nSPS) is 14.2. The molecule has 4 heteroatoms. The van der Waals surface area contributed by atoms with Crippen LogP contribution in [0, 0.1) is 6.92 Å². The Balaban J connectivity index is 1.97. The van der Waals surface area contributed by atoms with Gasteiger partial charge in [0.2, 0.25) is 0 Å². The second-order valence-electron chi connectivity index (χ2n) is 5.38. The Hall–Kier alpha value is -1.39. The molecule has 0 bridgehead atoms. The molecule has 104 valence electrons. The Morgan fingerprint density at radius 3 is 2.80 bits per heavy atom. The third-order valence-electron chi connectivity index (χ3n) is 3.65. The largest absolute Gasteiger partial charge is 0.389 e. The summed E-state index contributed by atoms with van der Waals surface area (Å²) in [4.78, 5) is 2.94. The molecule has 1 saturated carbocycles. The second-order valence-corrected chi connectivity index (χ2v) is 6.60. The minimum atomic E-state index is 0.486. The first-order valence-corrected chi connectivity index (χ1v) is 8.18. The van der Waals surface area contributed by atoms with Gasteiger partial charge in [0.05, 0.1) is 0 Å². The lowest BCUT2D eigenvalue weighted by Gasteiger charge is -2.27. The van der Waals surface area contributed by atoms with Gasteiger partial charge in [-0.15, -0.1) is 0 Å². The summed E-state index contributed by atoms with van der Waals surface area (Å²) in [6.07, 6.45) is 2.52. The zero-order valence-electron chi connectivity index (χ0n) is 11.5. The van der Waals surface area contributed by atoms with Gasteiger partial charge in [0, 0.05) is 23.8 Å². The number of thiophene rings is 1. The Kier molecular flexibility index (Phi) is 3.76. The molecule has 2 nitrogen and oxygen atoms in total. The van der Waals surface area contributed by atoms with E-state index in [1.807, 2.05) is 0 Å². The summed E-state index contributed by atoms with van der Waals surface area (Å²) >= 11 is 6.98. The molecule has 1 fully saturated rings. The highest BCUT2D eigenvalue weighted by Crippen LogP contribution is 2.35. The summed E-state index contributed by atoms with van der Waals surface area (Å²) in [6.45, 7) is 3.01. The van der Waals surface area contributed by atoms with E-state index in [1.165, 1.54) is 29.7 Å². The summed E-state index contributed by atoms with van der Waals surface area (Å²) < 4.78 is 0. The van der Waals surface area contributed by atoms with Crippen LogP contribution in [0.25, 0.3) is 0 Å². The molecular formula is C16H18N2S2. The SMILES string of the molecule is Cc1ccc(N(Cc2ccsc2)C2CC2)c(C(N)=S)c1. The fourth-order valence-electron chi connectivity index (χ4n) is 2.47. The third kappa shape index (κ3) is 2.86. The standard InChI is InChI=1S/C16H18N2S2/c1-11-2-5-15(14(8-11)16(17)19)18(13-3-4-13)9-12-6-7-20-10-12/h2,5-8,10,13H,3-4,9H2,1H3,(H2,17,19). The zero-order valence-corrected chi connectivity index (χ0v) is 13.1. The van der Waals surface area contributed by atoms with Gasteiger partial charge >= 0.3 is 0 Å². The smallest absolute Gasteiger partial charge is 0.106 e. The highest BCUT2D eigenvalue weighted by molar-refractivity contribution is 7.80. The lowest BCUT2D eigenvalue weighted by molar-refractivity contribution is 0.795. The second kappa shape index (κ2) is 5.54. The third-order valence-corrected chi connectivity index (χ3v) is 4.60. The molecular weight excluding hydrogens is 284 g/mol. The van der Waals surface area contributed by atoms with E-state index in [9.17, 15) is 0 Å². The molecule has 1 aliphatic carbocycles. The van der Waals surface area contributed by atoms with Crippen LogP contribution in [-0.2, 0) is 6.54 Å². The number of aryl methyl sites for hydroxylation is 1. The van der Waals surface area contributed by atoms with Crippen molar-refractivity contribution in [2.45, 2.75) is 32.4 Å². The summed E-state index contributed by atoms with van der Waals surface area (Å²) in [7, 11) is 0. The lowest BCUT2D eigenvalue weighted by atomic mass is 10.1. The van der Waals surface area contributed by atoms with Crippen molar-refractivity contribution in [3.8, 4) is 0 Å². The fraction of sp³-hybridized carbons (Fsp3) is 0.312. The van der Waals surface area contributed by atoms with Crippen molar-refractivity contribution in [1.82, 2.24) is 0 Å². The lowest BCUT2D eigenvalue weighted by Crippen LogP contribution is -2.27. The van der Waals surface area contributed by atoms with Gasteiger partial charge in [-0.3, -0.25) is 0 Å². The molecule has 0 atom stereocenters. The highest BCUT2D eigenvalue weighted by atomic mass is 32.1. The number of hydrogen-bond donors (Lipinski definition) is 1. The van der Waals surface area contributed by atoms with Gasteiger partial charge in [-0.1, -0.05) is 23.8 Å². The maximum atomic E-state index is 5.92. The Labute approximate surface area is 129 Å². The maximum absolute atomic E-state index is 5.92. The number of benzene rings is 1. The van der Waals surface area contributed by atoms with Gasteiger partial charge in [0.15, 0.2) is 0 Å². The van der Waals surface area contributed by atoms with E-state index < -0.39 is 0 Å². The molecule has 0 unspecified atom stereocenters. The van der Waals surface area contributed by atoms with Gasteiger partial charge in [-0.2, -0.15) is 11.3 Å². The van der Waals surface area contributed by atoms with Crippen LogP contribution < -0.4 is 10.6 Å². The van der Waals surface area contributed by atoms with Crippen molar-refractivity contribution in [2.75, 3.05) is 4.90 Å². The molecule has 1 aromatic carbocycles. The number of nitrogens with two attached hydrogens (primary N) is 1. The van der Waals surface area contributed by atoms with Crippen LogP contribution in [0.2, 0.25) is 0 Å². The van der Waals surface area contributed by atoms with Crippen LogP contribution in [-0.4, -0.2) is 11.0 Å². The number of rotatable bonds is 5. The predicted molar refractivity (Wildman–Crippen MR) is 90.6 cm³/mol. The van der Waals surface area contributed by atoms with Crippen LogP contribution >= 0.6 is 23.6 Å². The van der Waals surface area contributed by atoms with Crippen LogP contribution in [0.1, 0.15) is 29.5 Å². The maximum Gasteiger partial charge on any atom is 0.106 e. The van der Waals surface area contributed by atoms with E-state index >= 15 is 0 Å². The molecule has 0 radical (unpaired) electrons. The summed E-state index contributed by atoms with van der Waals surface area (Å²) in [5, 5.41) is 4.34. The van der Waals surface area contributed by atoms with E-state index in [1.54, 1.807) is 11.3 Å². The highest BCUT2D eigenvalue weighted by Gasteiger charge is 2.30. The Morgan fingerprint density at radius 1 is 1.40 bits per heavy atom. The molecule has 1 aliphatic rings. The van der Waals surface area contributed by atoms with Gasteiger partial charge in [-0.05, 0) is 54.3 Å². The van der Waals surface area contributed by atoms with Crippen molar-refractivity contribution in [3.05, 3.63) is 51.7 Å². The van der Waals surface area contributed by atoms with E-state index in [0.29, 0.717) is 11.0 Å². The van der Waals surface area contributed by atoms with E-state index in [-0.39, 0.29) is 0 Å². The monoisotopic (exact) mass is 302 g/mol. The quantitative estimate of drug-likeness (QED) is 0.850. The Morgan fingerprint density at radius 2 is 2.20 bits per heavy atom. The average molecular weight is 302 g/mol. The molecule has 20 heavy (non-hydrogen) atoms. The molecule has 2 aromatic rings. The Bertz CT molecular complexity index is 615. The van der Waals surface area contributed by atoms with E-state index in [2.05, 4.69) is 46.8 Å². The van der Waals surface area contributed by atoms with Gasteiger partial charge in [-0.25, -0.2) is 0 Å². The first kappa shape index (κ1) is 13.6. The van der Waals surface area contributed by atoms with Crippen molar-refractivity contribution in [1.29, 1.82) is 0 Å². The number of hydrogen-bond acceptors (Lipinski definition) is 3. The first-order chi connectivity index (χ1) is 9.65. The van der Waals surface area contributed by atoms with Crippen LogP contribution in [0.15, 0.2) is 35.0 Å². The summed E-state index contributed by atoms with van der Waals surface area (Å²) in [5.74, 6) is 0. The minimum Gasteiger partial charge on any atom is -0.389 e. The van der Waals surface area contributed by atoms with Gasteiger partial charge in [0.1, 0.15) is 4.99 Å². The predicted octanol–water partition coefficient (Wildman–Crippen LogP) is 3.86. The molecule has 0 saturated heterocycles.